The van der Waals surface area contributed by atoms with Gasteiger partial charge in [-0.25, -0.2) is 0 Å². The van der Waals surface area contributed by atoms with E-state index in [0.717, 1.165) is 10.0 Å². The van der Waals surface area contributed by atoms with Crippen LogP contribution in [0.25, 0.3) is 0 Å². The highest BCUT2D eigenvalue weighted by atomic mass is 79.9. The van der Waals surface area contributed by atoms with Crippen molar-refractivity contribution in [1.82, 2.24) is 0 Å². The fraction of sp³-hybridized carbons (Fsp3) is 0.222. The number of rotatable bonds is 6. The van der Waals surface area contributed by atoms with Gasteiger partial charge in [0.25, 0.3) is 0 Å². The minimum atomic E-state index is -0.827. The molecule has 0 saturated carbocycles. The van der Waals surface area contributed by atoms with Crippen LogP contribution in [-0.2, 0) is 16.0 Å². The van der Waals surface area contributed by atoms with Crippen molar-refractivity contribution in [3.05, 3.63) is 64.1 Å². The van der Waals surface area contributed by atoms with E-state index in [0.29, 0.717) is 11.3 Å². The van der Waals surface area contributed by atoms with Gasteiger partial charge in [-0.1, -0.05) is 28.1 Å². The number of hydrogen-bond donors (Lipinski definition) is 0. The number of carbonyl (C=O) groups is 2. The fourth-order valence-electron chi connectivity index (χ4n) is 2.05. The molecule has 2 aromatic carbocycles. The molecular weight excluding hydrogens is 360 g/mol. The van der Waals surface area contributed by atoms with Crippen molar-refractivity contribution in [3.63, 3.8) is 0 Å². The summed E-state index contributed by atoms with van der Waals surface area (Å²) < 4.78 is 11.2. The Hall–Kier alpha value is -2.14. The van der Waals surface area contributed by atoms with E-state index in [1.54, 1.807) is 38.3 Å². The van der Waals surface area contributed by atoms with Crippen molar-refractivity contribution in [2.45, 2.75) is 19.4 Å². The Bertz CT molecular complexity index is 677. The summed E-state index contributed by atoms with van der Waals surface area (Å²) >= 11 is 3.34. The minimum Gasteiger partial charge on any atom is -0.497 e. The lowest BCUT2D eigenvalue weighted by molar-refractivity contribution is -0.145. The van der Waals surface area contributed by atoms with E-state index in [2.05, 4.69) is 15.9 Å². The average Bonchev–Trinajstić information content (AvgIpc) is 2.56. The van der Waals surface area contributed by atoms with E-state index in [1.807, 2.05) is 24.3 Å². The zero-order valence-corrected chi connectivity index (χ0v) is 14.5. The maximum absolute atomic E-state index is 12.3. The van der Waals surface area contributed by atoms with Crippen LogP contribution in [0, 0.1) is 0 Å². The lowest BCUT2D eigenvalue weighted by Gasteiger charge is -2.12. The summed E-state index contributed by atoms with van der Waals surface area (Å²) in [5, 5.41) is 0. The number of methoxy groups -OCH3 is 1. The molecule has 0 fully saturated rings. The van der Waals surface area contributed by atoms with Gasteiger partial charge >= 0.3 is 5.97 Å². The molecule has 0 N–H and O–H groups in total. The van der Waals surface area contributed by atoms with Crippen LogP contribution in [0.4, 0.5) is 0 Å². The van der Waals surface area contributed by atoms with Gasteiger partial charge in [-0.2, -0.15) is 0 Å². The van der Waals surface area contributed by atoms with E-state index in [4.69, 9.17) is 9.47 Å². The lowest BCUT2D eigenvalue weighted by atomic mass is 10.1. The number of benzene rings is 2. The third-order valence-electron chi connectivity index (χ3n) is 3.31. The van der Waals surface area contributed by atoms with Crippen LogP contribution in [0.1, 0.15) is 22.8 Å². The molecule has 0 heterocycles. The molecule has 23 heavy (non-hydrogen) atoms. The van der Waals surface area contributed by atoms with Crippen molar-refractivity contribution in [2.75, 3.05) is 7.11 Å². The van der Waals surface area contributed by atoms with Gasteiger partial charge in [0.15, 0.2) is 6.10 Å². The van der Waals surface area contributed by atoms with Crippen LogP contribution in [0.3, 0.4) is 0 Å². The molecule has 0 unspecified atom stereocenters. The maximum atomic E-state index is 12.3. The van der Waals surface area contributed by atoms with Crippen molar-refractivity contribution in [2.24, 2.45) is 0 Å². The Kier molecular flexibility index (Phi) is 5.93. The zero-order valence-electron chi connectivity index (χ0n) is 12.9. The first-order chi connectivity index (χ1) is 11.0. The van der Waals surface area contributed by atoms with Crippen molar-refractivity contribution in [3.8, 4) is 5.75 Å². The molecule has 0 bridgehead atoms. The molecular formula is C18H17BrO4. The first-order valence-electron chi connectivity index (χ1n) is 7.12. The van der Waals surface area contributed by atoms with E-state index in [-0.39, 0.29) is 12.2 Å². The van der Waals surface area contributed by atoms with Gasteiger partial charge in [-0.05, 0) is 48.9 Å². The SMILES string of the molecule is COc1ccc(C(=O)[C@H](C)OC(=O)Cc2ccc(Br)cc2)cc1. The normalized spacial score (nSPS) is 11.6. The Morgan fingerprint density at radius 1 is 1.04 bits per heavy atom. The standard InChI is InChI=1S/C18H17BrO4/c1-12(18(21)14-5-9-16(22-2)10-6-14)23-17(20)11-13-3-7-15(19)8-4-13/h3-10,12H,11H2,1-2H3/t12-/m0/s1. The highest BCUT2D eigenvalue weighted by molar-refractivity contribution is 9.10. The second-order valence-corrected chi connectivity index (χ2v) is 5.94. The summed E-state index contributed by atoms with van der Waals surface area (Å²) in [6, 6.07) is 14.1. The highest BCUT2D eigenvalue weighted by Gasteiger charge is 2.19. The zero-order chi connectivity index (χ0) is 16.8. The molecule has 0 saturated heterocycles. The second kappa shape index (κ2) is 7.92. The fourth-order valence-corrected chi connectivity index (χ4v) is 2.32. The number of ketones is 1. The summed E-state index contributed by atoms with van der Waals surface area (Å²) in [6.45, 7) is 1.58. The molecule has 0 aliphatic heterocycles. The minimum absolute atomic E-state index is 0.132. The van der Waals surface area contributed by atoms with Gasteiger partial charge in [0.05, 0.1) is 13.5 Å². The molecule has 0 amide bonds. The Labute approximate surface area is 143 Å². The van der Waals surface area contributed by atoms with Gasteiger partial charge in [0, 0.05) is 10.0 Å². The van der Waals surface area contributed by atoms with Gasteiger partial charge in [0.1, 0.15) is 5.75 Å². The van der Waals surface area contributed by atoms with E-state index < -0.39 is 12.1 Å². The second-order valence-electron chi connectivity index (χ2n) is 5.03. The maximum Gasteiger partial charge on any atom is 0.310 e. The molecule has 1 atom stereocenters. The molecule has 0 radical (unpaired) electrons. The van der Waals surface area contributed by atoms with Crippen LogP contribution in [-0.4, -0.2) is 25.0 Å². The van der Waals surface area contributed by atoms with Gasteiger partial charge < -0.3 is 9.47 Å². The van der Waals surface area contributed by atoms with Crippen LogP contribution in [0.15, 0.2) is 53.0 Å². The third kappa shape index (κ3) is 4.93. The first-order valence-corrected chi connectivity index (χ1v) is 7.91. The largest absolute Gasteiger partial charge is 0.497 e. The molecule has 0 aliphatic carbocycles. The van der Waals surface area contributed by atoms with E-state index >= 15 is 0 Å². The summed E-state index contributed by atoms with van der Waals surface area (Å²) in [7, 11) is 1.56. The monoisotopic (exact) mass is 376 g/mol. The lowest BCUT2D eigenvalue weighted by Crippen LogP contribution is -2.25. The molecule has 120 valence electrons. The topological polar surface area (TPSA) is 52.6 Å². The number of ether oxygens (including phenoxy) is 2. The Morgan fingerprint density at radius 3 is 2.22 bits per heavy atom. The Morgan fingerprint density at radius 2 is 1.65 bits per heavy atom. The number of halogens is 1. The van der Waals surface area contributed by atoms with Crippen LogP contribution >= 0.6 is 15.9 Å². The molecule has 0 spiro atoms. The molecule has 0 aliphatic rings. The number of Topliss-reactive ketones (excluding diaryl/α,β-unsaturated/α-hetero) is 1. The average molecular weight is 377 g/mol. The number of hydrogen-bond acceptors (Lipinski definition) is 4. The van der Waals surface area contributed by atoms with E-state index in [9.17, 15) is 9.59 Å². The van der Waals surface area contributed by atoms with Crippen molar-refractivity contribution < 1.29 is 19.1 Å². The van der Waals surface area contributed by atoms with Gasteiger partial charge in [-0.15, -0.1) is 0 Å². The quantitative estimate of drug-likeness (QED) is 0.568. The molecule has 5 heteroatoms. The molecule has 2 aromatic rings. The Balaban J connectivity index is 1.94. The first kappa shape index (κ1) is 17.2. The van der Waals surface area contributed by atoms with Crippen LogP contribution in [0.2, 0.25) is 0 Å². The summed E-state index contributed by atoms with van der Waals surface area (Å²) in [6.07, 6.45) is -0.695. The van der Waals surface area contributed by atoms with Gasteiger partial charge in [0.2, 0.25) is 5.78 Å². The number of esters is 1. The summed E-state index contributed by atoms with van der Waals surface area (Å²) in [5.74, 6) is -0.0000653. The predicted molar refractivity (Wildman–Crippen MR) is 90.7 cm³/mol. The summed E-state index contributed by atoms with van der Waals surface area (Å²) in [4.78, 5) is 24.2. The molecule has 0 aromatic heterocycles. The number of carbonyl (C=O) groups excluding carboxylic acids is 2. The van der Waals surface area contributed by atoms with Gasteiger partial charge in [-0.3, -0.25) is 9.59 Å². The van der Waals surface area contributed by atoms with Crippen molar-refractivity contribution in [1.29, 1.82) is 0 Å². The van der Waals surface area contributed by atoms with Crippen LogP contribution in [0.5, 0.6) is 5.75 Å². The highest BCUT2D eigenvalue weighted by Crippen LogP contribution is 2.15. The smallest absolute Gasteiger partial charge is 0.310 e. The predicted octanol–water partition coefficient (Wildman–Crippen LogP) is 3.81. The molecule has 2 rings (SSSR count). The van der Waals surface area contributed by atoms with Crippen LogP contribution < -0.4 is 4.74 Å². The summed E-state index contributed by atoms with van der Waals surface area (Å²) in [5.41, 5.74) is 1.32. The third-order valence-corrected chi connectivity index (χ3v) is 3.84. The van der Waals surface area contributed by atoms with E-state index in [1.165, 1.54) is 0 Å². The van der Waals surface area contributed by atoms with Crippen molar-refractivity contribution >= 4 is 27.7 Å². The molecule has 4 nitrogen and oxygen atoms in total.